The van der Waals surface area contributed by atoms with Gasteiger partial charge in [-0.05, 0) is 60.9 Å². The SMILES string of the molecule is Cc1ccc2c(c1)Sc1cc(-c3cc4ccccc4[nH]3)ccc1N2CCCNOC(=O)C(F)(F)F. The maximum atomic E-state index is 12.3. The van der Waals surface area contributed by atoms with Crippen LogP contribution < -0.4 is 10.4 Å². The van der Waals surface area contributed by atoms with E-state index in [0.717, 1.165) is 48.9 Å². The van der Waals surface area contributed by atoms with Gasteiger partial charge in [0, 0.05) is 39.5 Å². The predicted molar refractivity (Wildman–Crippen MR) is 131 cm³/mol. The van der Waals surface area contributed by atoms with Crippen LogP contribution in [0.2, 0.25) is 0 Å². The second-order valence-corrected chi connectivity index (χ2v) is 9.40. The Bertz CT molecular complexity index is 1370. The first-order valence-corrected chi connectivity index (χ1v) is 11.9. The van der Waals surface area contributed by atoms with E-state index in [0.29, 0.717) is 13.0 Å². The molecule has 0 radical (unpaired) electrons. The number of aromatic amines is 1. The Morgan fingerprint density at radius 1 is 1.03 bits per heavy atom. The molecule has 0 fully saturated rings. The number of anilines is 2. The Kier molecular flexibility index (Phi) is 6.21. The van der Waals surface area contributed by atoms with Crippen molar-refractivity contribution in [3.05, 3.63) is 72.3 Å². The van der Waals surface area contributed by atoms with Crippen LogP contribution in [-0.2, 0) is 9.63 Å². The fourth-order valence-electron chi connectivity index (χ4n) is 4.11. The largest absolute Gasteiger partial charge is 0.492 e. The summed E-state index contributed by atoms with van der Waals surface area (Å²) in [6.07, 6.45) is -4.55. The quantitative estimate of drug-likeness (QED) is 0.228. The number of aryl methyl sites for hydroxylation is 1. The lowest BCUT2D eigenvalue weighted by molar-refractivity contribution is -0.206. The summed E-state index contributed by atoms with van der Waals surface area (Å²) >= 11 is 1.70. The molecule has 0 aliphatic carbocycles. The Labute approximate surface area is 204 Å². The summed E-state index contributed by atoms with van der Waals surface area (Å²) in [5.41, 5.74) is 8.52. The Hall–Kier alpha value is -3.43. The topological polar surface area (TPSA) is 57.4 Å². The number of halogens is 3. The van der Waals surface area contributed by atoms with Crippen molar-refractivity contribution < 1.29 is 22.8 Å². The monoisotopic (exact) mass is 497 g/mol. The molecular weight excluding hydrogens is 475 g/mol. The number of hydroxylamine groups is 1. The zero-order valence-electron chi connectivity index (χ0n) is 18.8. The maximum Gasteiger partial charge on any atom is 0.492 e. The molecule has 3 aromatic carbocycles. The average molecular weight is 498 g/mol. The number of fused-ring (bicyclic) bond motifs is 3. The number of benzene rings is 3. The van der Waals surface area contributed by atoms with Gasteiger partial charge in [0.1, 0.15) is 0 Å². The molecular formula is C26H22F3N3O2S. The van der Waals surface area contributed by atoms with Crippen molar-refractivity contribution in [2.45, 2.75) is 29.3 Å². The van der Waals surface area contributed by atoms with Gasteiger partial charge in [0.2, 0.25) is 0 Å². The number of nitrogens with zero attached hydrogens (tertiary/aromatic N) is 1. The van der Waals surface area contributed by atoms with Gasteiger partial charge in [-0.25, -0.2) is 4.79 Å². The molecule has 0 spiro atoms. The molecule has 9 heteroatoms. The van der Waals surface area contributed by atoms with Crippen LogP contribution in [0, 0.1) is 6.92 Å². The summed E-state index contributed by atoms with van der Waals surface area (Å²) in [5.74, 6) is -2.25. The van der Waals surface area contributed by atoms with E-state index in [-0.39, 0.29) is 6.54 Å². The summed E-state index contributed by atoms with van der Waals surface area (Å²) in [7, 11) is 0. The Morgan fingerprint density at radius 3 is 2.54 bits per heavy atom. The van der Waals surface area contributed by atoms with Gasteiger partial charge in [0.25, 0.3) is 0 Å². The van der Waals surface area contributed by atoms with Gasteiger partial charge in [0.05, 0.1) is 11.4 Å². The molecule has 35 heavy (non-hydrogen) atoms. The molecule has 1 aliphatic rings. The number of hydrogen-bond acceptors (Lipinski definition) is 5. The molecule has 1 aliphatic heterocycles. The van der Waals surface area contributed by atoms with Crippen molar-refractivity contribution in [3.8, 4) is 11.3 Å². The fourth-order valence-corrected chi connectivity index (χ4v) is 5.35. The first-order valence-electron chi connectivity index (χ1n) is 11.1. The lowest BCUT2D eigenvalue weighted by Crippen LogP contribution is -2.33. The van der Waals surface area contributed by atoms with Crippen molar-refractivity contribution in [2.75, 3.05) is 18.0 Å². The highest BCUT2D eigenvalue weighted by atomic mass is 32.2. The Morgan fingerprint density at radius 2 is 1.77 bits per heavy atom. The molecule has 4 aromatic rings. The molecule has 5 nitrogen and oxygen atoms in total. The highest BCUT2D eigenvalue weighted by Crippen LogP contribution is 2.49. The normalized spacial score (nSPS) is 13.0. The molecule has 2 N–H and O–H groups in total. The predicted octanol–water partition coefficient (Wildman–Crippen LogP) is 6.75. The van der Waals surface area contributed by atoms with Gasteiger partial charge in [-0.1, -0.05) is 42.1 Å². The number of para-hydroxylation sites is 1. The van der Waals surface area contributed by atoms with Gasteiger partial charge in [-0.15, -0.1) is 0 Å². The van der Waals surface area contributed by atoms with E-state index < -0.39 is 12.1 Å². The van der Waals surface area contributed by atoms with Gasteiger partial charge < -0.3 is 14.7 Å². The first-order chi connectivity index (χ1) is 16.8. The molecule has 1 aromatic heterocycles. The van der Waals surface area contributed by atoms with Crippen LogP contribution in [0.25, 0.3) is 22.2 Å². The zero-order chi connectivity index (χ0) is 24.6. The van der Waals surface area contributed by atoms with Crippen molar-refractivity contribution in [1.29, 1.82) is 0 Å². The fraction of sp³-hybridized carbons (Fsp3) is 0.192. The second-order valence-electron chi connectivity index (χ2n) is 8.31. The van der Waals surface area contributed by atoms with Crippen LogP contribution in [0.5, 0.6) is 0 Å². The molecule has 0 atom stereocenters. The number of carbonyl (C=O) groups is 1. The maximum absolute atomic E-state index is 12.3. The van der Waals surface area contributed by atoms with Crippen LogP contribution >= 0.6 is 11.8 Å². The standard InChI is InChI=1S/C26H22F3N3O2S/c1-16-7-9-21-23(13-16)35-24-15-18(20-14-17-5-2-3-6-19(17)31-20)8-10-22(24)32(21)12-4-11-30-34-25(33)26(27,28)29/h2-3,5-10,13-15,30-31H,4,11-12H2,1H3. The van der Waals surface area contributed by atoms with Crippen molar-refractivity contribution >= 4 is 40.0 Å². The summed E-state index contributed by atoms with van der Waals surface area (Å²) in [4.78, 5) is 22.8. The molecule has 2 heterocycles. The van der Waals surface area contributed by atoms with Crippen LogP contribution in [0.15, 0.2) is 76.5 Å². The van der Waals surface area contributed by atoms with E-state index in [1.54, 1.807) is 11.8 Å². The van der Waals surface area contributed by atoms with Gasteiger partial charge in [0.15, 0.2) is 0 Å². The summed E-state index contributed by atoms with van der Waals surface area (Å²) in [6.45, 7) is 2.67. The summed E-state index contributed by atoms with van der Waals surface area (Å²) < 4.78 is 36.9. The van der Waals surface area contributed by atoms with E-state index in [1.807, 2.05) is 31.2 Å². The lowest BCUT2D eigenvalue weighted by atomic mass is 10.1. The third-order valence-electron chi connectivity index (χ3n) is 5.77. The van der Waals surface area contributed by atoms with Crippen molar-refractivity contribution in [2.24, 2.45) is 0 Å². The Balaban J connectivity index is 1.37. The van der Waals surface area contributed by atoms with Gasteiger partial charge in [-0.3, -0.25) is 0 Å². The number of H-pyrrole nitrogens is 1. The van der Waals surface area contributed by atoms with Crippen molar-refractivity contribution in [3.63, 3.8) is 0 Å². The molecule has 180 valence electrons. The molecule has 0 saturated carbocycles. The minimum atomic E-state index is -5.02. The lowest BCUT2D eigenvalue weighted by Gasteiger charge is -2.33. The number of nitrogens with one attached hydrogen (secondary N) is 2. The number of hydrogen-bond donors (Lipinski definition) is 2. The zero-order valence-corrected chi connectivity index (χ0v) is 19.6. The van der Waals surface area contributed by atoms with E-state index >= 15 is 0 Å². The number of rotatable bonds is 6. The highest BCUT2D eigenvalue weighted by molar-refractivity contribution is 7.99. The summed E-state index contributed by atoms with van der Waals surface area (Å²) in [6, 6.07) is 22.8. The van der Waals surface area contributed by atoms with Crippen LogP contribution in [-0.4, -0.2) is 30.2 Å². The van der Waals surface area contributed by atoms with E-state index in [2.05, 4.69) is 62.7 Å². The van der Waals surface area contributed by atoms with E-state index in [1.165, 1.54) is 0 Å². The van der Waals surface area contributed by atoms with E-state index in [9.17, 15) is 18.0 Å². The highest BCUT2D eigenvalue weighted by Gasteiger charge is 2.41. The molecule has 0 saturated heterocycles. The minimum absolute atomic E-state index is 0.0924. The number of aromatic nitrogens is 1. The van der Waals surface area contributed by atoms with Crippen LogP contribution in [0.1, 0.15) is 12.0 Å². The third-order valence-corrected chi connectivity index (χ3v) is 6.87. The molecule has 0 bridgehead atoms. The van der Waals surface area contributed by atoms with Gasteiger partial charge in [-0.2, -0.15) is 18.7 Å². The second kappa shape index (κ2) is 9.31. The van der Waals surface area contributed by atoms with Gasteiger partial charge >= 0.3 is 12.1 Å². The van der Waals surface area contributed by atoms with Crippen LogP contribution in [0.4, 0.5) is 24.5 Å². The first kappa shape index (κ1) is 23.3. The number of alkyl halides is 3. The summed E-state index contributed by atoms with van der Waals surface area (Å²) in [5, 5.41) is 1.15. The average Bonchev–Trinajstić information content (AvgIpc) is 3.26. The third kappa shape index (κ3) is 4.87. The number of carbonyl (C=O) groups excluding carboxylic acids is 1. The molecule has 0 amide bonds. The molecule has 5 rings (SSSR count). The van der Waals surface area contributed by atoms with Crippen LogP contribution in [0.3, 0.4) is 0 Å². The minimum Gasteiger partial charge on any atom is -0.364 e. The van der Waals surface area contributed by atoms with E-state index in [4.69, 9.17) is 0 Å². The smallest absolute Gasteiger partial charge is 0.364 e. The van der Waals surface area contributed by atoms with Crippen molar-refractivity contribution in [1.82, 2.24) is 10.5 Å². The molecule has 0 unspecified atom stereocenters.